The summed E-state index contributed by atoms with van der Waals surface area (Å²) in [4.78, 5) is 0. The fourth-order valence-electron chi connectivity index (χ4n) is 2.42. The average molecular weight is 195 g/mol. The molecule has 6 nitrogen and oxygen atoms in total. The highest BCUT2D eigenvalue weighted by molar-refractivity contribution is 5.19. The lowest BCUT2D eigenvalue weighted by molar-refractivity contribution is 0.0941. The van der Waals surface area contributed by atoms with Crippen LogP contribution in [0.5, 0.6) is 0 Å². The van der Waals surface area contributed by atoms with Gasteiger partial charge >= 0.3 is 0 Å². The Morgan fingerprint density at radius 3 is 3.14 bits per heavy atom. The predicted molar refractivity (Wildman–Crippen MR) is 48.7 cm³/mol. The van der Waals surface area contributed by atoms with E-state index in [4.69, 9.17) is 4.74 Å². The molecule has 0 aromatic carbocycles. The van der Waals surface area contributed by atoms with Crippen molar-refractivity contribution in [2.24, 2.45) is 5.92 Å². The number of nitrogens with one attached hydrogen (secondary N) is 2. The van der Waals surface area contributed by atoms with E-state index in [9.17, 15) is 0 Å². The molecule has 1 aromatic rings. The highest BCUT2D eigenvalue weighted by atomic mass is 16.5. The van der Waals surface area contributed by atoms with Crippen LogP contribution in [0.2, 0.25) is 0 Å². The number of anilines is 1. The molecule has 3 heterocycles. The van der Waals surface area contributed by atoms with Crippen LogP contribution in [-0.4, -0.2) is 39.4 Å². The molecular formula is C8H13N5O. The van der Waals surface area contributed by atoms with E-state index in [1.165, 1.54) is 19.3 Å². The molecule has 0 saturated carbocycles. The number of nitrogens with zero attached hydrogens (tertiary/aromatic N) is 3. The van der Waals surface area contributed by atoms with E-state index in [0.717, 1.165) is 6.54 Å². The zero-order valence-electron chi connectivity index (χ0n) is 7.81. The summed E-state index contributed by atoms with van der Waals surface area (Å²) in [5.74, 6) is 1.19. The molecule has 2 N–H and O–H groups in total. The molecule has 3 atom stereocenters. The number of aromatic nitrogens is 4. The Hall–Kier alpha value is -1.17. The second kappa shape index (κ2) is 3.20. The summed E-state index contributed by atoms with van der Waals surface area (Å²) in [5.41, 5.74) is 0. The largest absolute Gasteiger partial charge is 0.375 e. The van der Waals surface area contributed by atoms with Crippen molar-refractivity contribution in [3.63, 3.8) is 0 Å². The molecular weight excluding hydrogens is 182 g/mol. The molecule has 2 saturated heterocycles. The van der Waals surface area contributed by atoms with Gasteiger partial charge in [-0.25, -0.2) is 0 Å². The molecule has 76 valence electrons. The molecule has 3 rings (SSSR count). The third-order valence-electron chi connectivity index (χ3n) is 3.10. The number of hydrogen-bond donors (Lipinski definition) is 2. The van der Waals surface area contributed by atoms with Crippen molar-refractivity contribution in [3.8, 4) is 0 Å². The highest BCUT2D eigenvalue weighted by Gasteiger charge is 2.40. The number of aromatic amines is 1. The second-order valence-electron chi connectivity index (χ2n) is 3.99. The van der Waals surface area contributed by atoms with Gasteiger partial charge in [-0.15, -0.1) is 5.10 Å². The van der Waals surface area contributed by atoms with E-state index in [1.54, 1.807) is 0 Å². The highest BCUT2D eigenvalue weighted by Crippen LogP contribution is 2.38. The third kappa shape index (κ3) is 1.35. The molecule has 2 aliphatic rings. The van der Waals surface area contributed by atoms with Crippen LogP contribution in [0.25, 0.3) is 0 Å². The maximum absolute atomic E-state index is 5.75. The minimum absolute atomic E-state index is 0.458. The molecule has 1 aromatic heterocycles. The Bertz CT molecular complexity index is 301. The van der Waals surface area contributed by atoms with Crippen LogP contribution < -0.4 is 5.32 Å². The Balaban J connectivity index is 1.54. The lowest BCUT2D eigenvalue weighted by atomic mass is 9.89. The summed E-state index contributed by atoms with van der Waals surface area (Å²) < 4.78 is 5.75. The molecule has 0 spiro atoms. The topological polar surface area (TPSA) is 75.7 Å². The molecule has 2 aliphatic heterocycles. The maximum Gasteiger partial charge on any atom is 0.263 e. The van der Waals surface area contributed by atoms with E-state index in [1.807, 2.05) is 0 Å². The van der Waals surface area contributed by atoms with Crippen LogP contribution in [0.15, 0.2) is 0 Å². The standard InChI is InChI=1S/C8H13N5O/c1-2-7-5(3-6(1)14-7)4-9-8-10-12-13-11-8/h5-7H,1-4H2,(H2,9,10,11,12,13). The van der Waals surface area contributed by atoms with Crippen LogP contribution in [0, 0.1) is 5.92 Å². The van der Waals surface area contributed by atoms with Gasteiger partial charge < -0.3 is 10.1 Å². The molecule has 2 fully saturated rings. The van der Waals surface area contributed by atoms with Gasteiger partial charge in [-0.05, 0) is 24.5 Å². The maximum atomic E-state index is 5.75. The first-order chi connectivity index (χ1) is 6.92. The third-order valence-corrected chi connectivity index (χ3v) is 3.10. The first-order valence-electron chi connectivity index (χ1n) is 5.04. The Kier molecular flexibility index (Phi) is 1.86. The van der Waals surface area contributed by atoms with Gasteiger partial charge in [0.1, 0.15) is 0 Å². The van der Waals surface area contributed by atoms with Crippen LogP contribution in [0.4, 0.5) is 5.95 Å². The molecule has 3 unspecified atom stereocenters. The fraction of sp³-hybridized carbons (Fsp3) is 0.875. The molecule has 6 heteroatoms. The first kappa shape index (κ1) is 8.16. The van der Waals surface area contributed by atoms with Gasteiger partial charge in [0.05, 0.1) is 12.2 Å². The number of H-pyrrole nitrogens is 1. The fourth-order valence-corrected chi connectivity index (χ4v) is 2.42. The minimum Gasteiger partial charge on any atom is -0.375 e. The van der Waals surface area contributed by atoms with Crippen molar-refractivity contribution in [1.82, 2.24) is 20.6 Å². The van der Waals surface area contributed by atoms with Crippen molar-refractivity contribution < 1.29 is 4.74 Å². The molecule has 2 bridgehead atoms. The van der Waals surface area contributed by atoms with E-state index >= 15 is 0 Å². The van der Waals surface area contributed by atoms with Gasteiger partial charge in [0.25, 0.3) is 5.95 Å². The average Bonchev–Trinajstić information content (AvgIpc) is 2.91. The number of fused-ring (bicyclic) bond motifs is 2. The number of rotatable bonds is 3. The Labute approximate surface area is 81.4 Å². The van der Waals surface area contributed by atoms with Gasteiger partial charge in [0.2, 0.25) is 0 Å². The summed E-state index contributed by atoms with van der Waals surface area (Å²) in [6.45, 7) is 0.890. The van der Waals surface area contributed by atoms with Crippen molar-refractivity contribution in [2.45, 2.75) is 31.5 Å². The van der Waals surface area contributed by atoms with E-state index in [2.05, 4.69) is 25.9 Å². The van der Waals surface area contributed by atoms with E-state index in [0.29, 0.717) is 24.1 Å². The number of hydrogen-bond acceptors (Lipinski definition) is 5. The molecule has 0 aliphatic carbocycles. The van der Waals surface area contributed by atoms with E-state index in [-0.39, 0.29) is 0 Å². The van der Waals surface area contributed by atoms with Crippen molar-refractivity contribution in [1.29, 1.82) is 0 Å². The van der Waals surface area contributed by atoms with E-state index < -0.39 is 0 Å². The summed E-state index contributed by atoms with van der Waals surface area (Å²) in [5, 5.41) is 16.7. The van der Waals surface area contributed by atoms with Crippen molar-refractivity contribution in [2.75, 3.05) is 11.9 Å². The van der Waals surface area contributed by atoms with Gasteiger partial charge in [-0.3, -0.25) is 0 Å². The van der Waals surface area contributed by atoms with Crippen LogP contribution in [0.3, 0.4) is 0 Å². The van der Waals surface area contributed by atoms with Gasteiger partial charge in [0.15, 0.2) is 0 Å². The Morgan fingerprint density at radius 1 is 1.50 bits per heavy atom. The monoisotopic (exact) mass is 195 g/mol. The quantitative estimate of drug-likeness (QED) is 0.719. The van der Waals surface area contributed by atoms with Crippen molar-refractivity contribution >= 4 is 5.95 Å². The zero-order chi connectivity index (χ0) is 9.38. The summed E-state index contributed by atoms with van der Waals surface area (Å²) in [7, 11) is 0. The molecule has 0 radical (unpaired) electrons. The van der Waals surface area contributed by atoms with Gasteiger partial charge in [-0.2, -0.15) is 5.21 Å². The smallest absolute Gasteiger partial charge is 0.263 e. The van der Waals surface area contributed by atoms with Crippen LogP contribution >= 0.6 is 0 Å². The predicted octanol–water partition coefficient (Wildman–Crippen LogP) is 0.179. The van der Waals surface area contributed by atoms with Crippen LogP contribution in [-0.2, 0) is 4.74 Å². The lowest BCUT2D eigenvalue weighted by Gasteiger charge is -2.17. The molecule has 0 amide bonds. The normalized spacial score (nSPS) is 35.0. The number of ether oxygens (including phenoxy) is 1. The summed E-state index contributed by atoms with van der Waals surface area (Å²) in [6.07, 6.45) is 4.60. The van der Waals surface area contributed by atoms with Gasteiger partial charge in [0, 0.05) is 12.5 Å². The second-order valence-corrected chi connectivity index (χ2v) is 3.99. The van der Waals surface area contributed by atoms with Gasteiger partial charge in [-0.1, -0.05) is 5.10 Å². The molecule has 14 heavy (non-hydrogen) atoms. The lowest BCUT2D eigenvalue weighted by Crippen LogP contribution is -2.24. The van der Waals surface area contributed by atoms with Crippen LogP contribution in [0.1, 0.15) is 19.3 Å². The van der Waals surface area contributed by atoms with Crippen molar-refractivity contribution in [3.05, 3.63) is 0 Å². The summed E-state index contributed by atoms with van der Waals surface area (Å²) in [6, 6.07) is 0. The number of tetrazole rings is 1. The minimum atomic E-state index is 0.458. The first-order valence-corrected chi connectivity index (χ1v) is 5.04. The summed E-state index contributed by atoms with van der Waals surface area (Å²) >= 11 is 0. The Morgan fingerprint density at radius 2 is 2.50 bits per heavy atom. The SMILES string of the molecule is C1CC2OC1CC2CNc1nn[nH]n1. The zero-order valence-corrected chi connectivity index (χ0v) is 7.81.